The highest BCUT2D eigenvalue weighted by Gasteiger charge is 2.19. The first-order chi connectivity index (χ1) is 16.2. The van der Waals surface area contributed by atoms with Gasteiger partial charge in [-0.2, -0.15) is 8.42 Å². The third-order valence-corrected chi connectivity index (χ3v) is 6.76. The average Bonchev–Trinajstić information content (AvgIpc) is 3.21. The van der Waals surface area contributed by atoms with Gasteiger partial charge in [-0.25, -0.2) is 0 Å². The van der Waals surface area contributed by atoms with Crippen molar-refractivity contribution in [2.45, 2.75) is 11.8 Å². The molecule has 0 amide bonds. The van der Waals surface area contributed by atoms with Crippen LogP contribution >= 0.6 is 0 Å². The first-order valence-corrected chi connectivity index (χ1v) is 11.9. The molecule has 0 aliphatic rings. The Kier molecular flexibility index (Phi) is 4.95. The van der Waals surface area contributed by atoms with Crippen LogP contribution in [0.3, 0.4) is 0 Å². The first kappa shape index (κ1) is 21.7. The number of halogens is 1. The molecular formula is C26H19FN2O4S. The molecule has 170 valence electrons. The minimum Gasteiger partial charge on any atom is -0.493 e. The molecule has 0 saturated carbocycles. The zero-order valence-corrected chi connectivity index (χ0v) is 19.2. The molecule has 0 aliphatic carbocycles. The molecule has 0 unspecified atom stereocenters. The third kappa shape index (κ3) is 3.33. The van der Waals surface area contributed by atoms with Crippen molar-refractivity contribution < 1.29 is 17.0 Å². The molecule has 0 spiro atoms. The molecule has 5 rings (SSSR count). The predicted molar refractivity (Wildman–Crippen MR) is 131 cm³/mol. The number of hydrogen-bond acceptors (Lipinski definition) is 4. The topological polar surface area (TPSA) is 81.2 Å². The van der Waals surface area contributed by atoms with E-state index in [0.29, 0.717) is 51.0 Å². The van der Waals surface area contributed by atoms with Gasteiger partial charge < -0.3 is 14.3 Å². The van der Waals surface area contributed by atoms with E-state index in [2.05, 4.69) is 10.9 Å². The van der Waals surface area contributed by atoms with Crippen LogP contribution in [0.1, 0.15) is 12.5 Å². The van der Waals surface area contributed by atoms with Gasteiger partial charge >= 0.3 is 10.2 Å². The van der Waals surface area contributed by atoms with Crippen molar-refractivity contribution in [1.82, 2.24) is 9.55 Å². The van der Waals surface area contributed by atoms with Gasteiger partial charge in [0.1, 0.15) is 11.4 Å². The Morgan fingerprint density at radius 1 is 1.12 bits per heavy atom. The number of ether oxygens (including phenoxy) is 1. The molecule has 0 aliphatic heterocycles. The van der Waals surface area contributed by atoms with Gasteiger partial charge in [0, 0.05) is 29.1 Å². The number of H-pyrrole nitrogens is 1. The van der Waals surface area contributed by atoms with E-state index in [0.717, 1.165) is 10.9 Å². The summed E-state index contributed by atoms with van der Waals surface area (Å²) in [6.07, 6.45) is 5.52. The van der Waals surface area contributed by atoms with E-state index in [1.54, 1.807) is 31.2 Å². The number of fused-ring (bicyclic) bond motifs is 4. The summed E-state index contributed by atoms with van der Waals surface area (Å²) in [5, 5.41) is 1.74. The second-order valence-electron chi connectivity index (χ2n) is 7.91. The van der Waals surface area contributed by atoms with Gasteiger partial charge in [0.05, 0.1) is 27.8 Å². The smallest absolute Gasteiger partial charge is 0.332 e. The average molecular weight is 475 g/mol. The van der Waals surface area contributed by atoms with E-state index in [9.17, 15) is 17.1 Å². The lowest BCUT2D eigenvalue weighted by molar-refractivity contribution is 0.342. The lowest BCUT2D eigenvalue weighted by atomic mass is 10.0. The highest BCUT2D eigenvalue weighted by Crippen LogP contribution is 2.36. The van der Waals surface area contributed by atoms with Crippen molar-refractivity contribution in [3.63, 3.8) is 0 Å². The summed E-state index contributed by atoms with van der Waals surface area (Å²) < 4.78 is 44.2. The van der Waals surface area contributed by atoms with Crippen LogP contribution < -0.4 is 10.2 Å². The molecule has 34 heavy (non-hydrogen) atoms. The number of hydrogen-bond donors (Lipinski definition) is 1. The van der Waals surface area contributed by atoms with Crippen LogP contribution in [-0.2, 0) is 17.3 Å². The summed E-state index contributed by atoms with van der Waals surface area (Å²) >= 11 is 0. The lowest BCUT2D eigenvalue weighted by Crippen LogP contribution is -2.09. The number of nitrogens with zero attached hydrogens (tertiary/aromatic N) is 1. The van der Waals surface area contributed by atoms with Gasteiger partial charge in [-0.1, -0.05) is 24.1 Å². The Morgan fingerprint density at radius 3 is 2.62 bits per heavy atom. The van der Waals surface area contributed by atoms with Gasteiger partial charge in [-0.05, 0) is 48.9 Å². The molecule has 2 aromatic heterocycles. The van der Waals surface area contributed by atoms with E-state index in [-0.39, 0.29) is 5.43 Å². The molecule has 0 fully saturated rings. The quantitative estimate of drug-likeness (QED) is 0.297. The second-order valence-corrected chi connectivity index (χ2v) is 9.25. The monoisotopic (exact) mass is 474 g/mol. The molecule has 2 heterocycles. The SMILES string of the molecule is C#Cc1ccc2c(c1)[nH]c1c2c(=O)c2cc(OCC)c(-c3cccc(S(=O)(=O)F)c3)cc2n1C. The third-order valence-electron chi connectivity index (χ3n) is 5.94. The van der Waals surface area contributed by atoms with Crippen LogP contribution in [-0.4, -0.2) is 24.6 Å². The molecule has 0 bridgehead atoms. The predicted octanol–water partition coefficient (Wildman–Crippen LogP) is 4.88. The highest BCUT2D eigenvalue weighted by molar-refractivity contribution is 7.86. The lowest BCUT2D eigenvalue weighted by Gasteiger charge is -2.15. The molecule has 5 aromatic rings. The summed E-state index contributed by atoms with van der Waals surface area (Å²) in [7, 11) is -3.05. The Balaban J connectivity index is 1.88. The fourth-order valence-electron chi connectivity index (χ4n) is 4.35. The molecule has 0 atom stereocenters. The largest absolute Gasteiger partial charge is 0.493 e. The fraction of sp³-hybridized carbons (Fsp3) is 0.115. The maximum atomic E-state index is 13.6. The van der Waals surface area contributed by atoms with E-state index >= 15 is 0 Å². The zero-order valence-electron chi connectivity index (χ0n) is 18.3. The van der Waals surface area contributed by atoms with Crippen LogP contribution in [0, 0.1) is 12.3 Å². The zero-order chi connectivity index (χ0) is 24.2. The highest BCUT2D eigenvalue weighted by atomic mass is 32.3. The number of nitrogens with one attached hydrogen (secondary N) is 1. The number of aromatic nitrogens is 2. The molecule has 0 saturated heterocycles. The molecule has 0 radical (unpaired) electrons. The molecule has 8 heteroatoms. The summed E-state index contributed by atoms with van der Waals surface area (Å²) in [6.45, 7) is 2.13. The van der Waals surface area contributed by atoms with Gasteiger partial charge in [-0.15, -0.1) is 10.3 Å². The van der Waals surface area contributed by atoms with Crippen molar-refractivity contribution in [1.29, 1.82) is 0 Å². The maximum Gasteiger partial charge on any atom is 0.332 e. The normalized spacial score (nSPS) is 11.8. The van der Waals surface area contributed by atoms with Crippen LogP contribution in [0.2, 0.25) is 0 Å². The molecule has 3 aromatic carbocycles. The van der Waals surface area contributed by atoms with E-state index in [1.165, 1.54) is 18.2 Å². The van der Waals surface area contributed by atoms with Crippen molar-refractivity contribution in [2.24, 2.45) is 7.05 Å². The fourth-order valence-corrected chi connectivity index (χ4v) is 4.86. The summed E-state index contributed by atoms with van der Waals surface area (Å²) in [4.78, 5) is 16.4. The van der Waals surface area contributed by atoms with Crippen LogP contribution in [0.4, 0.5) is 3.89 Å². The molecule has 6 nitrogen and oxygen atoms in total. The van der Waals surface area contributed by atoms with Gasteiger partial charge in [0.15, 0.2) is 5.43 Å². The van der Waals surface area contributed by atoms with Crippen LogP contribution in [0.15, 0.2) is 64.3 Å². The van der Waals surface area contributed by atoms with Crippen molar-refractivity contribution in [3.05, 3.63) is 70.4 Å². The number of aromatic amines is 1. The van der Waals surface area contributed by atoms with Gasteiger partial charge in [0.2, 0.25) is 0 Å². The molecular weight excluding hydrogens is 455 g/mol. The first-order valence-electron chi connectivity index (χ1n) is 10.5. The number of aryl methyl sites for hydroxylation is 1. The van der Waals surface area contributed by atoms with Crippen molar-refractivity contribution in [2.75, 3.05) is 6.61 Å². The van der Waals surface area contributed by atoms with E-state index < -0.39 is 15.1 Å². The second kappa shape index (κ2) is 7.75. The Labute approximate surface area is 194 Å². The molecule has 1 N–H and O–H groups in total. The van der Waals surface area contributed by atoms with Crippen molar-refractivity contribution in [3.8, 4) is 29.2 Å². The van der Waals surface area contributed by atoms with E-state index in [4.69, 9.17) is 11.2 Å². The summed E-state index contributed by atoms with van der Waals surface area (Å²) in [5.74, 6) is 2.99. The van der Waals surface area contributed by atoms with Crippen molar-refractivity contribution >= 4 is 43.1 Å². The standard InChI is InChI=1S/C26H19FN2O4S/c1-4-15-9-10-18-21(11-15)28-26-24(18)25(30)20-14-23(33-5-2)19(13-22(20)29(26)3)16-7-6-8-17(12-16)34(27,31)32/h1,6-14,28H,5H2,2-3H3. The maximum absolute atomic E-state index is 13.6. The minimum absolute atomic E-state index is 0.171. The minimum atomic E-state index is -4.88. The number of rotatable bonds is 4. The number of benzene rings is 3. The van der Waals surface area contributed by atoms with Crippen LogP contribution in [0.25, 0.3) is 44.0 Å². The Hall–Kier alpha value is -4.09. The number of pyridine rings is 1. The van der Waals surface area contributed by atoms with Crippen LogP contribution in [0.5, 0.6) is 5.75 Å². The number of terminal acetylenes is 1. The summed E-state index contributed by atoms with van der Waals surface area (Å²) in [5.41, 5.74) is 3.49. The summed E-state index contributed by atoms with van der Waals surface area (Å²) in [6, 6.07) is 14.4. The van der Waals surface area contributed by atoms with Gasteiger partial charge in [0.25, 0.3) is 0 Å². The Bertz CT molecular complexity index is 1840. The van der Waals surface area contributed by atoms with Gasteiger partial charge in [-0.3, -0.25) is 4.79 Å². The Morgan fingerprint density at radius 2 is 1.91 bits per heavy atom. The van der Waals surface area contributed by atoms with E-state index in [1.807, 2.05) is 23.7 Å².